The third-order valence-electron chi connectivity index (χ3n) is 4.97. The summed E-state index contributed by atoms with van der Waals surface area (Å²) in [6, 6.07) is 9.06. The Morgan fingerprint density at radius 3 is 2.62 bits per heavy atom. The lowest BCUT2D eigenvalue weighted by molar-refractivity contribution is 0.0628. The van der Waals surface area contributed by atoms with Crippen molar-refractivity contribution in [3.8, 4) is 23.0 Å². The lowest BCUT2D eigenvalue weighted by Gasteiger charge is -2.34. The predicted molar refractivity (Wildman–Crippen MR) is 111 cm³/mol. The Morgan fingerprint density at radius 1 is 1.14 bits per heavy atom. The average Bonchev–Trinajstić information content (AvgIpc) is 3.45. The maximum absolute atomic E-state index is 12.9. The van der Waals surface area contributed by atoms with Gasteiger partial charge < -0.3 is 18.8 Å². The number of carbonyl (C=O) groups excluding carboxylic acids is 1. The van der Waals surface area contributed by atoms with Gasteiger partial charge in [-0.2, -0.15) is 0 Å². The summed E-state index contributed by atoms with van der Waals surface area (Å²) in [6.45, 7) is 3.78. The van der Waals surface area contributed by atoms with E-state index in [4.69, 9.17) is 13.9 Å². The molecule has 0 atom stereocenters. The fourth-order valence-electron chi connectivity index (χ4n) is 3.37. The van der Waals surface area contributed by atoms with Gasteiger partial charge in [-0.1, -0.05) is 0 Å². The van der Waals surface area contributed by atoms with Gasteiger partial charge in [-0.15, -0.1) is 11.3 Å². The van der Waals surface area contributed by atoms with Crippen molar-refractivity contribution in [2.75, 3.05) is 40.4 Å². The second-order valence-corrected chi connectivity index (χ2v) is 7.68. The molecule has 1 amide bonds. The minimum Gasteiger partial charge on any atom is -0.493 e. The third kappa shape index (κ3) is 4.28. The number of piperazine rings is 1. The standard InChI is InChI=1S/C21H23N3O4S/c1-26-18-6-5-15(12-19(18)27-2)21(25)24-9-7-23(8-10-24)13-20-22-16(14-29-20)17-4-3-11-28-17/h3-6,11-12,14H,7-10,13H2,1-2H3. The molecule has 0 N–H and O–H groups in total. The maximum atomic E-state index is 12.9. The Labute approximate surface area is 173 Å². The van der Waals surface area contributed by atoms with E-state index in [1.807, 2.05) is 22.4 Å². The molecule has 0 aliphatic carbocycles. The van der Waals surface area contributed by atoms with Crippen molar-refractivity contribution in [3.05, 3.63) is 52.5 Å². The number of furan rings is 1. The van der Waals surface area contributed by atoms with Crippen molar-refractivity contribution < 1.29 is 18.7 Å². The number of thiazole rings is 1. The van der Waals surface area contributed by atoms with Gasteiger partial charge in [0.05, 0.1) is 27.0 Å². The molecule has 1 aliphatic heterocycles. The fourth-order valence-corrected chi connectivity index (χ4v) is 4.20. The Hall–Kier alpha value is -2.84. The van der Waals surface area contributed by atoms with Crippen LogP contribution in [0.1, 0.15) is 15.4 Å². The number of methoxy groups -OCH3 is 2. The van der Waals surface area contributed by atoms with Crippen LogP contribution in [0.5, 0.6) is 11.5 Å². The number of ether oxygens (including phenoxy) is 2. The van der Waals surface area contributed by atoms with Gasteiger partial charge in [-0.05, 0) is 30.3 Å². The van der Waals surface area contributed by atoms with Gasteiger partial charge in [-0.3, -0.25) is 9.69 Å². The Morgan fingerprint density at radius 2 is 1.93 bits per heavy atom. The van der Waals surface area contributed by atoms with E-state index in [9.17, 15) is 4.79 Å². The Kier molecular flexibility index (Phi) is 5.82. The van der Waals surface area contributed by atoms with E-state index in [1.54, 1.807) is 50.0 Å². The van der Waals surface area contributed by atoms with E-state index in [0.717, 1.165) is 36.1 Å². The first kappa shape index (κ1) is 19.5. The van der Waals surface area contributed by atoms with E-state index < -0.39 is 0 Å². The van der Waals surface area contributed by atoms with E-state index in [1.165, 1.54) is 0 Å². The van der Waals surface area contributed by atoms with Crippen molar-refractivity contribution in [1.82, 2.24) is 14.8 Å². The first-order chi connectivity index (χ1) is 14.2. The fraction of sp³-hybridized carbons (Fsp3) is 0.333. The van der Waals surface area contributed by atoms with E-state index in [2.05, 4.69) is 9.88 Å². The number of rotatable bonds is 6. The summed E-state index contributed by atoms with van der Waals surface area (Å²) in [5.74, 6) is 1.98. The second-order valence-electron chi connectivity index (χ2n) is 6.74. The lowest BCUT2D eigenvalue weighted by Crippen LogP contribution is -2.48. The number of benzene rings is 1. The zero-order valence-electron chi connectivity index (χ0n) is 16.5. The molecule has 0 spiro atoms. The summed E-state index contributed by atoms with van der Waals surface area (Å²) >= 11 is 1.63. The van der Waals surface area contributed by atoms with Crippen LogP contribution in [0, 0.1) is 0 Å². The lowest BCUT2D eigenvalue weighted by atomic mass is 10.1. The van der Waals surface area contributed by atoms with Crippen molar-refractivity contribution >= 4 is 17.2 Å². The smallest absolute Gasteiger partial charge is 0.254 e. The van der Waals surface area contributed by atoms with Crippen molar-refractivity contribution in [2.24, 2.45) is 0 Å². The molecule has 3 heterocycles. The highest BCUT2D eigenvalue weighted by Gasteiger charge is 2.23. The van der Waals surface area contributed by atoms with Crippen molar-refractivity contribution in [1.29, 1.82) is 0 Å². The molecule has 1 aromatic carbocycles. The molecule has 3 aromatic rings. The van der Waals surface area contributed by atoms with Crippen LogP contribution < -0.4 is 9.47 Å². The summed E-state index contributed by atoms with van der Waals surface area (Å²) in [7, 11) is 3.15. The quantitative estimate of drug-likeness (QED) is 0.617. The first-order valence-electron chi connectivity index (χ1n) is 9.40. The number of carbonyl (C=O) groups is 1. The molecule has 1 saturated heterocycles. The van der Waals surface area contributed by atoms with Crippen LogP contribution in [0.15, 0.2) is 46.4 Å². The van der Waals surface area contributed by atoms with Gasteiger partial charge in [-0.25, -0.2) is 4.98 Å². The van der Waals surface area contributed by atoms with Gasteiger partial charge in [0.25, 0.3) is 5.91 Å². The van der Waals surface area contributed by atoms with Crippen LogP contribution in [-0.2, 0) is 6.54 Å². The monoisotopic (exact) mass is 413 g/mol. The SMILES string of the molecule is COc1ccc(C(=O)N2CCN(Cc3nc(-c4ccco4)cs3)CC2)cc1OC. The number of hydrogen-bond acceptors (Lipinski definition) is 7. The third-order valence-corrected chi connectivity index (χ3v) is 5.81. The van der Waals surface area contributed by atoms with Crippen LogP contribution in [0.4, 0.5) is 0 Å². The summed E-state index contributed by atoms with van der Waals surface area (Å²) < 4.78 is 16.0. The summed E-state index contributed by atoms with van der Waals surface area (Å²) in [4.78, 5) is 21.7. The molecule has 8 heteroatoms. The minimum atomic E-state index is 0.0138. The maximum Gasteiger partial charge on any atom is 0.254 e. The number of amides is 1. The number of hydrogen-bond donors (Lipinski definition) is 0. The Balaban J connectivity index is 1.34. The van der Waals surface area contributed by atoms with Crippen LogP contribution in [-0.4, -0.2) is 61.1 Å². The highest BCUT2D eigenvalue weighted by Crippen LogP contribution is 2.28. The molecule has 152 valence electrons. The topological polar surface area (TPSA) is 68.0 Å². The molecular weight excluding hydrogens is 390 g/mol. The minimum absolute atomic E-state index is 0.0138. The van der Waals surface area contributed by atoms with E-state index in [-0.39, 0.29) is 5.91 Å². The van der Waals surface area contributed by atoms with Gasteiger partial charge in [0, 0.05) is 37.1 Å². The summed E-state index contributed by atoms with van der Waals surface area (Å²) in [5, 5.41) is 3.07. The molecule has 2 aromatic heterocycles. The zero-order chi connectivity index (χ0) is 20.2. The van der Waals surface area contributed by atoms with Crippen molar-refractivity contribution in [2.45, 2.75) is 6.54 Å². The van der Waals surface area contributed by atoms with Crippen LogP contribution in [0.25, 0.3) is 11.5 Å². The zero-order valence-corrected chi connectivity index (χ0v) is 17.3. The molecule has 1 fully saturated rings. The number of nitrogens with zero attached hydrogens (tertiary/aromatic N) is 3. The van der Waals surface area contributed by atoms with E-state index >= 15 is 0 Å². The summed E-state index contributed by atoms with van der Waals surface area (Å²) in [6.07, 6.45) is 1.66. The molecule has 7 nitrogen and oxygen atoms in total. The van der Waals surface area contributed by atoms with Gasteiger partial charge in [0.1, 0.15) is 10.7 Å². The van der Waals surface area contributed by atoms with Crippen molar-refractivity contribution in [3.63, 3.8) is 0 Å². The summed E-state index contributed by atoms with van der Waals surface area (Å²) in [5.41, 5.74) is 1.48. The number of aromatic nitrogens is 1. The highest BCUT2D eigenvalue weighted by molar-refractivity contribution is 7.09. The molecule has 1 aliphatic rings. The molecule has 0 radical (unpaired) electrons. The van der Waals surface area contributed by atoms with Crippen LogP contribution >= 0.6 is 11.3 Å². The average molecular weight is 413 g/mol. The normalized spacial score (nSPS) is 14.8. The van der Waals surface area contributed by atoms with Crippen LogP contribution in [0.3, 0.4) is 0 Å². The molecule has 0 bridgehead atoms. The predicted octanol–water partition coefficient (Wildman–Crippen LogP) is 3.38. The molecule has 0 unspecified atom stereocenters. The molecule has 0 saturated carbocycles. The van der Waals surface area contributed by atoms with Gasteiger partial charge >= 0.3 is 0 Å². The highest BCUT2D eigenvalue weighted by atomic mass is 32.1. The van der Waals surface area contributed by atoms with Gasteiger partial charge in [0.2, 0.25) is 0 Å². The van der Waals surface area contributed by atoms with Gasteiger partial charge in [0.15, 0.2) is 17.3 Å². The first-order valence-corrected chi connectivity index (χ1v) is 10.3. The van der Waals surface area contributed by atoms with Crippen LogP contribution in [0.2, 0.25) is 0 Å². The molecule has 4 rings (SSSR count). The second kappa shape index (κ2) is 8.67. The Bertz CT molecular complexity index is 962. The largest absolute Gasteiger partial charge is 0.493 e. The molecule has 29 heavy (non-hydrogen) atoms. The van der Waals surface area contributed by atoms with E-state index in [0.29, 0.717) is 30.2 Å². The molecular formula is C21H23N3O4S.